The number of methoxy groups -OCH3 is 1. The maximum atomic E-state index is 12.6. The maximum absolute atomic E-state index is 12.6. The lowest BCUT2D eigenvalue weighted by atomic mass is 9.93. The first kappa shape index (κ1) is 18.5. The summed E-state index contributed by atoms with van der Waals surface area (Å²) in [4.78, 5) is 17.0. The van der Waals surface area contributed by atoms with Crippen LogP contribution in [0, 0.1) is 0 Å². The van der Waals surface area contributed by atoms with Crippen molar-refractivity contribution in [1.82, 2.24) is 19.9 Å². The van der Waals surface area contributed by atoms with Crippen molar-refractivity contribution < 1.29 is 19.2 Å². The number of benzene rings is 1. The summed E-state index contributed by atoms with van der Waals surface area (Å²) in [6.45, 7) is 0.683. The number of carbonyl (C=O) groups is 1. The molecule has 1 aromatic carbocycles. The molecule has 8 nitrogen and oxygen atoms in total. The Morgan fingerprint density at radius 2 is 2.32 bits per heavy atom. The lowest BCUT2D eigenvalue weighted by Crippen LogP contribution is -2.05. The lowest BCUT2D eigenvalue weighted by molar-refractivity contribution is 0.0973. The van der Waals surface area contributed by atoms with E-state index < -0.39 is 0 Å². The van der Waals surface area contributed by atoms with Crippen LogP contribution in [-0.4, -0.2) is 44.5 Å². The van der Waals surface area contributed by atoms with Crippen molar-refractivity contribution in [2.45, 2.75) is 38.3 Å². The smallest absolute Gasteiger partial charge is 0.252 e. The molecular weight excluding hydrogens is 360 g/mol. The SMILES string of the molecule is COCc1nc(-c2ccc3c(c2)CC[C@H]3CC(=O)c2cnn(CCO)c2)no1. The number of ketones is 1. The second-order valence-electron chi connectivity index (χ2n) is 6.94. The molecule has 0 radical (unpaired) electrons. The molecule has 146 valence electrons. The third kappa shape index (κ3) is 3.74. The number of hydrogen-bond donors (Lipinski definition) is 1. The second kappa shape index (κ2) is 8.04. The van der Waals surface area contributed by atoms with Crippen LogP contribution in [0.1, 0.15) is 46.1 Å². The molecule has 0 aliphatic heterocycles. The quantitative estimate of drug-likeness (QED) is 0.597. The third-order valence-electron chi connectivity index (χ3n) is 5.06. The number of aliphatic hydroxyl groups excluding tert-OH is 1. The summed E-state index contributed by atoms with van der Waals surface area (Å²) in [5, 5.41) is 17.1. The molecule has 1 atom stereocenters. The Kier molecular flexibility index (Phi) is 5.31. The number of Topliss-reactive ketones (excluding diaryl/α,β-unsaturated/α-hetero) is 1. The van der Waals surface area contributed by atoms with Gasteiger partial charge in [0.2, 0.25) is 5.82 Å². The summed E-state index contributed by atoms with van der Waals surface area (Å²) >= 11 is 0. The van der Waals surface area contributed by atoms with Crippen molar-refractivity contribution >= 4 is 5.78 Å². The zero-order valence-corrected chi connectivity index (χ0v) is 15.7. The van der Waals surface area contributed by atoms with Gasteiger partial charge in [0.1, 0.15) is 6.61 Å². The molecule has 0 unspecified atom stereocenters. The zero-order valence-electron chi connectivity index (χ0n) is 15.7. The first-order chi connectivity index (χ1) is 13.7. The Balaban J connectivity index is 1.47. The van der Waals surface area contributed by atoms with E-state index in [0.717, 1.165) is 18.4 Å². The number of rotatable bonds is 8. The summed E-state index contributed by atoms with van der Waals surface area (Å²) in [6, 6.07) is 6.13. The minimum atomic E-state index is 0.000976. The van der Waals surface area contributed by atoms with Crippen molar-refractivity contribution in [3.05, 3.63) is 53.2 Å². The van der Waals surface area contributed by atoms with Gasteiger partial charge in [0.15, 0.2) is 5.78 Å². The Morgan fingerprint density at radius 3 is 3.14 bits per heavy atom. The molecule has 2 heterocycles. The normalized spacial score (nSPS) is 15.7. The van der Waals surface area contributed by atoms with Gasteiger partial charge in [-0.05, 0) is 36.0 Å². The van der Waals surface area contributed by atoms with E-state index in [0.29, 0.717) is 30.2 Å². The average Bonchev–Trinajstić information content (AvgIpc) is 3.42. The van der Waals surface area contributed by atoms with Gasteiger partial charge in [-0.25, -0.2) is 0 Å². The number of fused-ring (bicyclic) bond motifs is 1. The minimum Gasteiger partial charge on any atom is -0.394 e. The Morgan fingerprint density at radius 1 is 1.43 bits per heavy atom. The molecule has 0 spiro atoms. The minimum absolute atomic E-state index is 0.000976. The van der Waals surface area contributed by atoms with Gasteiger partial charge in [0.25, 0.3) is 5.89 Å². The third-order valence-corrected chi connectivity index (χ3v) is 5.06. The van der Waals surface area contributed by atoms with E-state index in [1.807, 2.05) is 6.07 Å². The van der Waals surface area contributed by atoms with E-state index in [4.69, 9.17) is 14.4 Å². The fraction of sp³-hybridized carbons (Fsp3) is 0.400. The molecule has 4 rings (SSSR count). The van der Waals surface area contributed by atoms with Gasteiger partial charge >= 0.3 is 0 Å². The number of hydrogen-bond acceptors (Lipinski definition) is 7. The highest BCUT2D eigenvalue weighted by molar-refractivity contribution is 5.96. The van der Waals surface area contributed by atoms with Gasteiger partial charge in [-0.15, -0.1) is 0 Å². The fourth-order valence-electron chi connectivity index (χ4n) is 3.69. The summed E-state index contributed by atoms with van der Waals surface area (Å²) < 4.78 is 11.8. The van der Waals surface area contributed by atoms with Crippen molar-refractivity contribution in [3.8, 4) is 11.4 Å². The standard InChI is InChI=1S/C20H22N4O4/c1-27-12-19-22-20(23-28-19)15-4-5-17-13(8-15)2-3-14(17)9-18(26)16-10-21-24(11-16)6-7-25/h4-5,8,10-11,14,25H,2-3,6-7,9,12H2,1H3/t14-/m0/s1. The predicted molar refractivity (Wildman–Crippen MR) is 99.8 cm³/mol. The van der Waals surface area contributed by atoms with Gasteiger partial charge in [0.05, 0.1) is 24.9 Å². The highest BCUT2D eigenvalue weighted by atomic mass is 16.5. The van der Waals surface area contributed by atoms with Crippen LogP contribution in [0.25, 0.3) is 11.4 Å². The van der Waals surface area contributed by atoms with Crippen molar-refractivity contribution in [1.29, 1.82) is 0 Å². The molecule has 1 aliphatic carbocycles. The fourth-order valence-corrected chi connectivity index (χ4v) is 3.69. The molecule has 0 fully saturated rings. The number of aryl methyl sites for hydroxylation is 1. The molecule has 0 bridgehead atoms. The molecule has 1 N–H and O–H groups in total. The lowest BCUT2D eigenvalue weighted by Gasteiger charge is -2.10. The topological polar surface area (TPSA) is 103 Å². The molecule has 1 aliphatic rings. The molecular formula is C20H22N4O4. The van der Waals surface area contributed by atoms with Crippen LogP contribution in [0.15, 0.2) is 35.1 Å². The van der Waals surface area contributed by atoms with E-state index in [1.54, 1.807) is 24.2 Å². The van der Waals surface area contributed by atoms with E-state index >= 15 is 0 Å². The van der Waals surface area contributed by atoms with Crippen molar-refractivity contribution in [3.63, 3.8) is 0 Å². The van der Waals surface area contributed by atoms with Gasteiger partial charge in [-0.3, -0.25) is 9.48 Å². The Bertz CT molecular complexity index is 978. The van der Waals surface area contributed by atoms with E-state index in [9.17, 15) is 4.79 Å². The number of aliphatic hydroxyl groups is 1. The van der Waals surface area contributed by atoms with Crippen LogP contribution in [0.4, 0.5) is 0 Å². The molecule has 3 aromatic rings. The number of ether oxygens (including phenoxy) is 1. The van der Waals surface area contributed by atoms with E-state index in [2.05, 4.69) is 27.4 Å². The zero-order chi connectivity index (χ0) is 19.5. The van der Waals surface area contributed by atoms with Crippen molar-refractivity contribution in [2.75, 3.05) is 13.7 Å². The Hall–Kier alpha value is -2.84. The molecule has 0 saturated heterocycles. The number of nitrogens with zero attached hydrogens (tertiary/aromatic N) is 4. The van der Waals surface area contributed by atoms with Gasteiger partial charge in [-0.1, -0.05) is 17.3 Å². The molecule has 28 heavy (non-hydrogen) atoms. The monoisotopic (exact) mass is 382 g/mol. The highest BCUT2D eigenvalue weighted by Gasteiger charge is 2.26. The summed E-state index contributed by atoms with van der Waals surface area (Å²) in [5.74, 6) is 1.27. The summed E-state index contributed by atoms with van der Waals surface area (Å²) in [7, 11) is 1.58. The predicted octanol–water partition coefficient (Wildman–Crippen LogP) is 2.37. The maximum Gasteiger partial charge on any atom is 0.252 e. The molecule has 0 amide bonds. The molecule has 0 saturated carbocycles. The first-order valence-electron chi connectivity index (χ1n) is 9.29. The van der Waals surface area contributed by atoms with Crippen LogP contribution >= 0.6 is 0 Å². The van der Waals surface area contributed by atoms with Gasteiger partial charge in [-0.2, -0.15) is 10.1 Å². The van der Waals surface area contributed by atoms with Gasteiger partial charge in [0, 0.05) is 25.3 Å². The van der Waals surface area contributed by atoms with Crippen LogP contribution in [0.3, 0.4) is 0 Å². The van der Waals surface area contributed by atoms with E-state index in [1.165, 1.54) is 11.1 Å². The number of aromatic nitrogens is 4. The van der Waals surface area contributed by atoms with E-state index in [-0.39, 0.29) is 24.9 Å². The largest absolute Gasteiger partial charge is 0.394 e. The van der Waals surface area contributed by atoms with Crippen LogP contribution in [0.2, 0.25) is 0 Å². The van der Waals surface area contributed by atoms with Crippen LogP contribution in [0.5, 0.6) is 0 Å². The highest BCUT2D eigenvalue weighted by Crippen LogP contribution is 2.38. The van der Waals surface area contributed by atoms with Crippen LogP contribution < -0.4 is 0 Å². The molecule has 2 aromatic heterocycles. The molecule has 8 heteroatoms. The summed E-state index contributed by atoms with van der Waals surface area (Å²) in [6.07, 6.45) is 5.59. The Labute approximate surface area is 162 Å². The number of carbonyl (C=O) groups excluding carboxylic acids is 1. The van der Waals surface area contributed by atoms with Crippen LogP contribution in [-0.2, 0) is 24.3 Å². The summed E-state index contributed by atoms with van der Waals surface area (Å²) in [5.41, 5.74) is 3.93. The average molecular weight is 382 g/mol. The second-order valence-corrected chi connectivity index (χ2v) is 6.94. The van der Waals surface area contributed by atoms with Gasteiger partial charge < -0.3 is 14.4 Å². The van der Waals surface area contributed by atoms with Crippen molar-refractivity contribution in [2.24, 2.45) is 0 Å². The first-order valence-corrected chi connectivity index (χ1v) is 9.29.